The molecule has 3 fully saturated rings. The predicted octanol–water partition coefficient (Wildman–Crippen LogP) is 24.6. The number of aromatic carboxylic acids is 1. The maximum absolute atomic E-state index is 13.4. The number of halogens is 1. The molecule has 22 heteroatoms. The number of anilines is 7. The van der Waals surface area contributed by atoms with Crippen molar-refractivity contribution in [1.82, 2.24) is 0 Å². The molecule has 0 unspecified atom stereocenters. The Kier molecular flexibility index (Phi) is 32.3. The highest BCUT2D eigenvalue weighted by molar-refractivity contribution is 14.1. The summed E-state index contributed by atoms with van der Waals surface area (Å²) in [5, 5.41) is 42.1. The molecule has 12 aromatic carbocycles. The molecule has 7 N–H and O–H groups in total. The van der Waals surface area contributed by atoms with Gasteiger partial charge >= 0.3 is 23.9 Å². The molecule has 0 aliphatic carbocycles. The number of rotatable bonds is 19. The van der Waals surface area contributed by atoms with E-state index in [1.54, 1.807) is 87.5 Å². The van der Waals surface area contributed by atoms with Crippen LogP contribution in [-0.4, -0.2) is 119 Å². The average molecular weight is 1870 g/mol. The summed E-state index contributed by atoms with van der Waals surface area (Å²) >= 11 is 2.21. The number of aryl methyl sites for hydroxylation is 2. The Bertz CT molecular complexity index is 5900. The third kappa shape index (κ3) is 26.9. The molecule has 131 heavy (non-hydrogen) atoms. The molecule has 3 aliphatic heterocycles. The van der Waals surface area contributed by atoms with E-state index in [0.29, 0.717) is 39.3 Å². The lowest BCUT2D eigenvalue weighted by atomic mass is 10.0. The van der Waals surface area contributed by atoms with Crippen LogP contribution in [0.5, 0.6) is 11.5 Å². The fourth-order valence-corrected chi connectivity index (χ4v) is 16.2. The van der Waals surface area contributed by atoms with Crippen LogP contribution < -0.4 is 36.0 Å². The fraction of sp³-hybridized carbons (Fsp3) is 0.266. The van der Waals surface area contributed by atoms with E-state index >= 15 is 0 Å². The molecule has 0 aromatic heterocycles. The summed E-state index contributed by atoms with van der Waals surface area (Å²) in [6.07, 6.45) is 10.6. The van der Waals surface area contributed by atoms with Gasteiger partial charge in [-0.15, -0.1) is 0 Å². The number of nitrogens with one attached hydrogen (secondary N) is 4. The number of piperidine rings is 3. The number of carboxylic acid groups (broad SMARTS) is 1. The van der Waals surface area contributed by atoms with Gasteiger partial charge in [0, 0.05) is 83.2 Å². The number of phenolic OH excluding ortho intramolecular Hbond substituents is 2. The van der Waals surface area contributed by atoms with Crippen LogP contribution in [0.25, 0.3) is 44.5 Å². The molecule has 0 atom stereocenters. The van der Waals surface area contributed by atoms with Crippen molar-refractivity contribution in [3.63, 3.8) is 0 Å². The summed E-state index contributed by atoms with van der Waals surface area (Å²) in [5.41, 5.74) is 13.7. The van der Waals surface area contributed by atoms with Crippen molar-refractivity contribution in [1.29, 1.82) is 0 Å². The highest BCUT2D eigenvalue weighted by atomic mass is 127. The Labute approximate surface area is 780 Å². The normalized spacial score (nSPS) is 13.2. The molecule has 0 bridgehead atoms. The molecule has 3 saturated heterocycles. The molecule has 676 valence electrons. The minimum Gasteiger partial charge on any atom is -0.507 e. The van der Waals surface area contributed by atoms with Gasteiger partial charge in [-0.05, 0) is 321 Å². The molecular weight excluding hydrogens is 1760 g/mol. The predicted molar refractivity (Wildman–Crippen MR) is 531 cm³/mol. The van der Waals surface area contributed by atoms with Gasteiger partial charge in [-0.3, -0.25) is 19.2 Å². The van der Waals surface area contributed by atoms with E-state index in [9.17, 15) is 53.7 Å². The van der Waals surface area contributed by atoms with Gasteiger partial charge in [0.2, 0.25) is 0 Å². The number of esters is 3. The van der Waals surface area contributed by atoms with E-state index in [-0.39, 0.29) is 51.3 Å². The van der Waals surface area contributed by atoms with Crippen LogP contribution in [0.15, 0.2) is 267 Å². The first kappa shape index (κ1) is 96.2. The highest BCUT2D eigenvalue weighted by Gasteiger charge is 2.29. The van der Waals surface area contributed by atoms with Crippen LogP contribution >= 0.6 is 22.6 Å². The summed E-state index contributed by atoms with van der Waals surface area (Å²) in [6.45, 7) is 26.0. The second-order valence-corrected chi connectivity index (χ2v) is 36.9. The number of hydrogen-bond donors (Lipinski definition) is 7. The maximum atomic E-state index is 13.4. The first-order valence-corrected chi connectivity index (χ1v) is 45.4. The van der Waals surface area contributed by atoms with Gasteiger partial charge in [0.25, 0.3) is 23.6 Å². The van der Waals surface area contributed by atoms with Crippen molar-refractivity contribution in [3.8, 4) is 56.0 Å². The van der Waals surface area contributed by atoms with Gasteiger partial charge in [0.05, 0.1) is 56.1 Å². The van der Waals surface area contributed by atoms with Crippen molar-refractivity contribution in [2.45, 2.75) is 151 Å². The Balaban J connectivity index is 0.000000158. The zero-order chi connectivity index (χ0) is 93.7. The van der Waals surface area contributed by atoms with Crippen LogP contribution in [-0.2, 0) is 14.2 Å². The zero-order valence-electron chi connectivity index (χ0n) is 76.1. The SMILES string of the molecule is CC(C)(C)OC(=O)c1ccc(-c2ccccc2)cc1NC(=O)c1ccc(N2CCCCC2)cc1O.Cc1cc(I)ccc1C(=O)Nc1cc(-c2ccccc2)ccc1C(=O)OC(C)(C)C.Cc1cc(N2CCCCC2)ccc1C(=O)Nc1cc(-c2ccccc2)ccc1C(=O)OC(C)(C)C.O=C(Nc1cc(-c2ccccc2)ccc1C(=O)O)c1ccc(N2CCCCC2)cc1O. The number of phenols is 2. The quantitative estimate of drug-likeness (QED) is 0.0225. The van der Waals surface area contributed by atoms with Gasteiger partial charge in [0.1, 0.15) is 28.3 Å². The Morgan fingerprint density at radius 1 is 0.282 bits per heavy atom. The fourth-order valence-electron chi connectivity index (χ4n) is 15.6. The number of carboxylic acids is 1. The van der Waals surface area contributed by atoms with Gasteiger partial charge in [-0.1, -0.05) is 146 Å². The Morgan fingerprint density at radius 2 is 0.527 bits per heavy atom. The zero-order valence-corrected chi connectivity index (χ0v) is 78.2. The lowest BCUT2D eigenvalue weighted by Gasteiger charge is -2.29. The van der Waals surface area contributed by atoms with E-state index in [2.05, 4.69) is 64.6 Å². The summed E-state index contributed by atoms with van der Waals surface area (Å²) in [4.78, 5) is 110. The van der Waals surface area contributed by atoms with Gasteiger partial charge in [-0.25, -0.2) is 19.2 Å². The summed E-state index contributed by atoms with van der Waals surface area (Å²) in [6, 6.07) is 81.5. The number of amides is 4. The van der Waals surface area contributed by atoms with E-state index in [0.717, 1.165) is 141 Å². The molecular formula is C109H114IN7O14. The van der Waals surface area contributed by atoms with Crippen LogP contribution in [0.4, 0.5) is 39.8 Å². The number of aromatic hydroxyl groups is 2. The van der Waals surface area contributed by atoms with Crippen molar-refractivity contribution in [2.75, 3.05) is 75.2 Å². The molecule has 3 heterocycles. The molecule has 3 aliphatic rings. The third-order valence-corrected chi connectivity index (χ3v) is 22.8. The molecule has 4 amide bonds. The first-order valence-electron chi connectivity index (χ1n) is 44.3. The highest BCUT2D eigenvalue weighted by Crippen LogP contribution is 2.37. The summed E-state index contributed by atoms with van der Waals surface area (Å²) in [7, 11) is 0. The first-order chi connectivity index (χ1) is 62.6. The lowest BCUT2D eigenvalue weighted by Crippen LogP contribution is -2.29. The number of carbonyl (C=O) groups excluding carboxylic acids is 7. The molecule has 15 rings (SSSR count). The number of ether oxygens (including phenoxy) is 3. The van der Waals surface area contributed by atoms with E-state index in [4.69, 9.17) is 14.2 Å². The standard InChI is InChI=1S/C30H34N2O3.C29H32N2O4.C25H24INO3.C25H24N2O4/c1-21-19-24(32-17-9-6-10-18-32)14-16-25(21)28(33)31-27-20-23(22-11-7-5-8-12-22)13-15-26(27)29(34)35-30(2,3)4;1-29(2,3)35-28(34)23-14-12-21(20-10-6-4-7-11-20)18-25(23)30-27(33)24-15-13-22(19-26(24)32)31-16-8-5-9-17-31;1-16-14-19(26)11-13-20(16)23(28)27-22-15-18(17-8-6-5-7-9-17)10-12-21(22)24(29)30-25(2,3)4;28-23-16-19(27-13-5-2-6-14-27)10-12-21(23)24(29)26-22-15-18(9-11-20(22)25(30)31)17-7-3-1-4-8-17/h5,7-8,11-16,19-20H,6,9-10,17-18H2,1-4H3,(H,31,33);4,6-7,10-15,18-19,32H,5,8-9,16-17H2,1-3H3,(H,30,33);5-15H,1-4H3,(H,27,28);1,3-4,7-12,15-16,28H,2,5-6,13-14H2,(H,26,29)(H,30,31). The monoisotopic (exact) mass is 1870 g/mol. The summed E-state index contributed by atoms with van der Waals surface area (Å²) < 4.78 is 17.8. The van der Waals surface area contributed by atoms with Gasteiger partial charge in [-0.2, -0.15) is 0 Å². The second-order valence-electron chi connectivity index (χ2n) is 35.6. The minimum atomic E-state index is -1.14. The summed E-state index contributed by atoms with van der Waals surface area (Å²) in [5.74, 6) is -4.40. The number of carbonyl (C=O) groups is 8. The molecule has 0 radical (unpaired) electrons. The van der Waals surface area contributed by atoms with Crippen LogP contribution in [0.3, 0.4) is 0 Å². The number of hydrogen-bond acceptors (Lipinski definition) is 16. The Hall–Kier alpha value is -13.9. The topological polar surface area (TPSA) is 283 Å². The molecule has 0 saturated carbocycles. The molecule has 0 spiro atoms. The molecule has 12 aromatic rings. The Morgan fingerprint density at radius 3 is 0.794 bits per heavy atom. The van der Waals surface area contributed by atoms with E-state index < -0.39 is 52.5 Å². The third-order valence-electron chi connectivity index (χ3n) is 22.1. The second kappa shape index (κ2) is 44.0. The van der Waals surface area contributed by atoms with Gasteiger partial charge < -0.3 is 65.5 Å². The van der Waals surface area contributed by atoms with Gasteiger partial charge in [0.15, 0.2) is 0 Å². The van der Waals surface area contributed by atoms with Crippen molar-refractivity contribution in [2.24, 2.45) is 0 Å². The number of benzene rings is 12. The lowest BCUT2D eigenvalue weighted by molar-refractivity contribution is 0.00580. The average Bonchev–Trinajstić information content (AvgIpc) is 0.783. The van der Waals surface area contributed by atoms with Crippen molar-refractivity contribution >= 4 is 110 Å². The van der Waals surface area contributed by atoms with Crippen LogP contribution in [0, 0.1) is 17.4 Å². The van der Waals surface area contributed by atoms with Crippen LogP contribution in [0.2, 0.25) is 0 Å². The largest absolute Gasteiger partial charge is 0.507 e. The molecule has 21 nitrogen and oxygen atoms in total. The number of nitrogens with zero attached hydrogens (tertiary/aromatic N) is 3. The minimum absolute atomic E-state index is 0.0162. The maximum Gasteiger partial charge on any atom is 0.340 e. The van der Waals surface area contributed by atoms with E-state index in [1.807, 2.05) is 243 Å². The van der Waals surface area contributed by atoms with Crippen molar-refractivity contribution < 1.29 is 67.9 Å². The smallest absolute Gasteiger partial charge is 0.340 e. The van der Waals surface area contributed by atoms with E-state index in [1.165, 1.54) is 38.2 Å². The van der Waals surface area contributed by atoms with Crippen molar-refractivity contribution in [3.05, 3.63) is 326 Å². The van der Waals surface area contributed by atoms with Crippen LogP contribution in [0.1, 0.15) is 214 Å².